The Morgan fingerprint density at radius 1 is 1.50 bits per heavy atom. The number of nitrogens with zero attached hydrogens (tertiary/aromatic N) is 3. The summed E-state index contributed by atoms with van der Waals surface area (Å²) in [6.45, 7) is -0.209. The molecule has 0 radical (unpaired) electrons. The summed E-state index contributed by atoms with van der Waals surface area (Å²) in [5, 5.41) is 6.27. The fourth-order valence-electron chi connectivity index (χ4n) is 1.36. The number of anilines is 1. The Balaban J connectivity index is 2.24. The summed E-state index contributed by atoms with van der Waals surface area (Å²) < 4.78 is 34.5. The molecule has 1 fully saturated rings. The minimum atomic E-state index is -4.69. The lowest BCUT2D eigenvalue weighted by molar-refractivity contribution is -0.117. The molecule has 0 saturated carbocycles. The molecule has 2 heterocycles. The smallest absolute Gasteiger partial charge is 0.285 e. The first-order valence-corrected chi connectivity index (χ1v) is 7.16. The highest BCUT2D eigenvalue weighted by molar-refractivity contribution is 9.11. The maximum Gasteiger partial charge on any atom is 0.307 e. The molecule has 1 unspecified atom stereocenters. The van der Waals surface area contributed by atoms with Crippen LogP contribution >= 0.6 is 27.3 Å². The van der Waals surface area contributed by atoms with Crippen molar-refractivity contribution in [3.8, 4) is 0 Å². The van der Waals surface area contributed by atoms with Crippen LogP contribution in [0.2, 0.25) is 0 Å². The van der Waals surface area contributed by atoms with Gasteiger partial charge in [0.25, 0.3) is 0 Å². The van der Waals surface area contributed by atoms with Crippen molar-refractivity contribution < 1.29 is 17.1 Å². The zero-order chi connectivity index (χ0) is 11.9. The van der Waals surface area contributed by atoms with E-state index in [0.717, 1.165) is 16.2 Å². The topological polar surface area (TPSA) is 80.2 Å². The van der Waals surface area contributed by atoms with Gasteiger partial charge in [0, 0.05) is 13.0 Å². The van der Waals surface area contributed by atoms with Crippen molar-refractivity contribution in [1.29, 1.82) is 0 Å². The molecule has 0 aromatic carbocycles. The molecule has 1 aromatic heterocycles. The van der Waals surface area contributed by atoms with E-state index in [0.29, 0.717) is 3.92 Å². The molecule has 0 aliphatic carbocycles. The van der Waals surface area contributed by atoms with E-state index in [-0.39, 0.29) is 18.1 Å². The van der Waals surface area contributed by atoms with E-state index in [1.165, 1.54) is 0 Å². The summed E-state index contributed by atoms with van der Waals surface area (Å²) >= 11 is 4.15. The normalized spacial score (nSPS) is 21.8. The van der Waals surface area contributed by atoms with E-state index in [4.69, 9.17) is 0 Å². The molecule has 1 aromatic rings. The van der Waals surface area contributed by atoms with Crippen LogP contribution in [0.1, 0.15) is 6.42 Å². The van der Waals surface area contributed by atoms with Gasteiger partial charge < -0.3 is 0 Å². The van der Waals surface area contributed by atoms with Gasteiger partial charge in [-0.3, -0.25) is 9.69 Å². The van der Waals surface area contributed by atoms with Crippen molar-refractivity contribution in [1.82, 2.24) is 10.2 Å². The molecule has 6 nitrogen and oxygen atoms in total. The van der Waals surface area contributed by atoms with Gasteiger partial charge >= 0.3 is 10.2 Å². The molecule has 0 bridgehead atoms. The van der Waals surface area contributed by atoms with E-state index >= 15 is 0 Å². The number of hydrogen-bond donors (Lipinski definition) is 0. The fraction of sp³-hybridized carbons (Fsp3) is 0.500. The first-order valence-electron chi connectivity index (χ1n) is 4.11. The lowest BCUT2D eigenvalue weighted by Crippen LogP contribution is -2.26. The van der Waals surface area contributed by atoms with Gasteiger partial charge in [0.1, 0.15) is 5.25 Å². The van der Waals surface area contributed by atoms with Crippen molar-refractivity contribution in [2.75, 3.05) is 11.4 Å². The molecule has 1 amide bonds. The Labute approximate surface area is 103 Å². The monoisotopic (exact) mass is 329 g/mol. The van der Waals surface area contributed by atoms with Crippen LogP contribution in [0.15, 0.2) is 3.92 Å². The first kappa shape index (κ1) is 11.9. The highest BCUT2D eigenvalue weighted by Gasteiger charge is 2.40. The Morgan fingerprint density at radius 3 is 2.62 bits per heavy atom. The van der Waals surface area contributed by atoms with Gasteiger partial charge in [-0.25, -0.2) is 0 Å². The predicted octanol–water partition coefficient (Wildman–Crippen LogP) is 0.705. The average Bonchev–Trinajstić information content (AvgIpc) is 2.70. The Kier molecular flexibility index (Phi) is 2.97. The molecule has 10 heteroatoms. The lowest BCUT2D eigenvalue weighted by atomic mass is 10.4. The SMILES string of the molecule is O=C1CC(S(=O)(=O)F)CN1c1nnc(Br)s1. The van der Waals surface area contributed by atoms with Crippen LogP contribution in [0.25, 0.3) is 0 Å². The minimum Gasteiger partial charge on any atom is -0.285 e. The second-order valence-electron chi connectivity index (χ2n) is 3.14. The summed E-state index contributed by atoms with van der Waals surface area (Å²) in [5.41, 5.74) is 0. The maximum absolute atomic E-state index is 12.7. The molecule has 1 aliphatic rings. The van der Waals surface area contributed by atoms with Crippen LogP contribution in [0.4, 0.5) is 9.02 Å². The number of aromatic nitrogens is 2. The van der Waals surface area contributed by atoms with Crippen LogP contribution in [0.3, 0.4) is 0 Å². The summed E-state index contributed by atoms with van der Waals surface area (Å²) in [4.78, 5) is 12.6. The van der Waals surface area contributed by atoms with E-state index in [9.17, 15) is 17.1 Å². The second-order valence-corrected chi connectivity index (χ2v) is 6.99. The van der Waals surface area contributed by atoms with Crippen LogP contribution in [0, 0.1) is 0 Å². The van der Waals surface area contributed by atoms with Gasteiger partial charge in [-0.1, -0.05) is 11.3 Å². The predicted molar refractivity (Wildman–Crippen MR) is 58.4 cm³/mol. The van der Waals surface area contributed by atoms with Crippen molar-refractivity contribution >= 4 is 48.5 Å². The third kappa shape index (κ3) is 2.23. The molecular formula is C6H5BrFN3O3S2. The summed E-state index contributed by atoms with van der Waals surface area (Å²) in [6, 6.07) is 0. The highest BCUT2D eigenvalue weighted by atomic mass is 79.9. The maximum atomic E-state index is 12.7. The van der Waals surface area contributed by atoms with Crippen LogP contribution in [0.5, 0.6) is 0 Å². The van der Waals surface area contributed by atoms with Crippen molar-refractivity contribution in [3.63, 3.8) is 0 Å². The number of rotatable bonds is 2. The van der Waals surface area contributed by atoms with Gasteiger partial charge in [0.15, 0.2) is 3.92 Å². The standard InChI is InChI=1S/C6H5BrFN3O3S2/c7-5-9-10-6(15-5)11-2-3(1-4(11)12)16(8,13)14/h3H,1-2H2. The number of carbonyl (C=O) groups excluding carboxylic acids is 1. The van der Waals surface area contributed by atoms with Gasteiger partial charge in [-0.15, -0.1) is 14.1 Å². The van der Waals surface area contributed by atoms with Gasteiger partial charge in [-0.05, 0) is 15.9 Å². The van der Waals surface area contributed by atoms with Crippen LogP contribution in [-0.2, 0) is 15.0 Å². The number of hydrogen-bond acceptors (Lipinski definition) is 6. The van der Waals surface area contributed by atoms with Gasteiger partial charge in [-0.2, -0.15) is 8.42 Å². The van der Waals surface area contributed by atoms with E-state index in [2.05, 4.69) is 26.1 Å². The summed E-state index contributed by atoms with van der Waals surface area (Å²) in [6.07, 6.45) is -0.351. The third-order valence-corrected chi connectivity index (χ3v) is 4.60. The zero-order valence-corrected chi connectivity index (χ0v) is 10.8. The van der Waals surface area contributed by atoms with E-state index < -0.39 is 21.4 Å². The van der Waals surface area contributed by atoms with Crippen LogP contribution < -0.4 is 4.90 Å². The third-order valence-electron chi connectivity index (χ3n) is 2.11. The Hall–Kier alpha value is -0.610. The quantitative estimate of drug-likeness (QED) is 0.746. The summed E-state index contributed by atoms with van der Waals surface area (Å²) in [7, 11) is -4.69. The van der Waals surface area contributed by atoms with Crippen molar-refractivity contribution in [2.24, 2.45) is 0 Å². The molecule has 1 saturated heterocycles. The Bertz CT molecular complexity index is 531. The fourth-order valence-corrected chi connectivity index (χ4v) is 3.14. The summed E-state index contributed by atoms with van der Waals surface area (Å²) in [5.74, 6) is -0.463. The second kappa shape index (κ2) is 4.00. The van der Waals surface area contributed by atoms with Crippen molar-refractivity contribution in [3.05, 3.63) is 3.92 Å². The molecule has 2 rings (SSSR count). The first-order chi connectivity index (χ1) is 7.38. The minimum absolute atomic E-state index is 0.209. The molecule has 1 atom stereocenters. The van der Waals surface area contributed by atoms with Crippen molar-refractivity contribution in [2.45, 2.75) is 11.7 Å². The zero-order valence-electron chi connectivity index (χ0n) is 7.63. The van der Waals surface area contributed by atoms with E-state index in [1.807, 2.05) is 0 Å². The molecule has 88 valence electrons. The molecular weight excluding hydrogens is 325 g/mol. The lowest BCUT2D eigenvalue weighted by Gasteiger charge is -2.10. The van der Waals surface area contributed by atoms with Crippen LogP contribution in [-0.4, -0.2) is 36.3 Å². The highest BCUT2D eigenvalue weighted by Crippen LogP contribution is 2.29. The molecule has 1 aliphatic heterocycles. The number of halogens is 2. The molecule has 0 N–H and O–H groups in total. The largest absolute Gasteiger partial charge is 0.307 e. The number of carbonyl (C=O) groups is 1. The average molecular weight is 330 g/mol. The van der Waals surface area contributed by atoms with E-state index in [1.54, 1.807) is 0 Å². The molecule has 0 spiro atoms. The molecule has 16 heavy (non-hydrogen) atoms. The van der Waals surface area contributed by atoms with Gasteiger partial charge in [0.2, 0.25) is 11.0 Å². The Morgan fingerprint density at radius 2 is 2.19 bits per heavy atom. The number of amides is 1. The van der Waals surface area contributed by atoms with Gasteiger partial charge in [0.05, 0.1) is 0 Å².